The van der Waals surface area contributed by atoms with Gasteiger partial charge >= 0.3 is 0 Å². The fourth-order valence-electron chi connectivity index (χ4n) is 1.53. The van der Waals surface area contributed by atoms with Gasteiger partial charge in [-0.1, -0.05) is 17.7 Å². The highest BCUT2D eigenvalue weighted by Gasteiger charge is 2.00. The quantitative estimate of drug-likeness (QED) is 0.678. The molecule has 102 valence electrons. The van der Waals surface area contributed by atoms with E-state index in [9.17, 15) is 4.39 Å². The van der Waals surface area contributed by atoms with Crippen molar-refractivity contribution in [3.8, 4) is 0 Å². The lowest BCUT2D eigenvalue weighted by molar-refractivity contribution is 0.199. The van der Waals surface area contributed by atoms with Crippen molar-refractivity contribution in [3.05, 3.63) is 34.6 Å². The molecule has 18 heavy (non-hydrogen) atoms. The summed E-state index contributed by atoms with van der Waals surface area (Å²) in [4.78, 5) is 0. The Morgan fingerprint density at radius 2 is 2.00 bits per heavy atom. The molecule has 0 spiro atoms. The van der Waals surface area contributed by atoms with Gasteiger partial charge < -0.3 is 15.4 Å². The molecule has 3 nitrogen and oxygen atoms in total. The van der Waals surface area contributed by atoms with Crippen LogP contribution in [0.1, 0.15) is 12.0 Å². The fraction of sp³-hybridized carbons (Fsp3) is 0.538. The van der Waals surface area contributed by atoms with Crippen LogP contribution in [0.3, 0.4) is 0 Å². The third kappa shape index (κ3) is 6.31. The van der Waals surface area contributed by atoms with E-state index in [1.165, 1.54) is 12.1 Å². The van der Waals surface area contributed by atoms with Crippen molar-refractivity contribution in [2.24, 2.45) is 0 Å². The zero-order chi connectivity index (χ0) is 13.2. The molecular formula is C13H20ClFN2O. The zero-order valence-electron chi connectivity index (χ0n) is 10.6. The Labute approximate surface area is 113 Å². The van der Waals surface area contributed by atoms with E-state index in [1.54, 1.807) is 13.2 Å². The second-order valence-corrected chi connectivity index (χ2v) is 4.42. The van der Waals surface area contributed by atoms with E-state index in [-0.39, 0.29) is 5.82 Å². The summed E-state index contributed by atoms with van der Waals surface area (Å²) in [6.45, 7) is 4.12. The van der Waals surface area contributed by atoms with Gasteiger partial charge in [0, 0.05) is 25.2 Å². The smallest absolute Gasteiger partial charge is 0.124 e. The molecule has 0 heterocycles. The highest BCUT2D eigenvalue weighted by molar-refractivity contribution is 6.31. The SMILES string of the molecule is COCCNCCCNCc1ccc(F)cc1Cl. The number of halogens is 2. The standard InChI is InChI=1S/C13H20ClFN2O/c1-18-8-7-16-5-2-6-17-10-11-3-4-12(15)9-13(11)14/h3-4,9,16-17H,2,5-8,10H2,1H3. The van der Waals surface area contributed by atoms with E-state index < -0.39 is 0 Å². The summed E-state index contributed by atoms with van der Waals surface area (Å²) in [5, 5.41) is 7.01. The van der Waals surface area contributed by atoms with E-state index in [1.807, 2.05) is 0 Å². The van der Waals surface area contributed by atoms with Gasteiger partial charge in [0.1, 0.15) is 5.82 Å². The Bertz CT molecular complexity index is 350. The highest BCUT2D eigenvalue weighted by Crippen LogP contribution is 2.16. The topological polar surface area (TPSA) is 33.3 Å². The minimum Gasteiger partial charge on any atom is -0.383 e. The minimum absolute atomic E-state index is 0.300. The van der Waals surface area contributed by atoms with Crippen molar-refractivity contribution in [1.29, 1.82) is 0 Å². The first-order valence-electron chi connectivity index (χ1n) is 6.08. The third-order valence-electron chi connectivity index (χ3n) is 2.52. The zero-order valence-corrected chi connectivity index (χ0v) is 11.4. The average molecular weight is 275 g/mol. The molecule has 1 aromatic carbocycles. The largest absolute Gasteiger partial charge is 0.383 e. The molecule has 0 atom stereocenters. The highest BCUT2D eigenvalue weighted by atomic mass is 35.5. The fourth-order valence-corrected chi connectivity index (χ4v) is 1.76. The van der Waals surface area contributed by atoms with Gasteiger partial charge in [0.25, 0.3) is 0 Å². The van der Waals surface area contributed by atoms with Crippen molar-refractivity contribution in [3.63, 3.8) is 0 Å². The lowest BCUT2D eigenvalue weighted by atomic mass is 10.2. The van der Waals surface area contributed by atoms with E-state index in [4.69, 9.17) is 16.3 Å². The molecule has 0 radical (unpaired) electrons. The number of ether oxygens (including phenoxy) is 1. The van der Waals surface area contributed by atoms with Crippen LogP contribution in [0.15, 0.2) is 18.2 Å². The monoisotopic (exact) mass is 274 g/mol. The third-order valence-corrected chi connectivity index (χ3v) is 2.87. The van der Waals surface area contributed by atoms with Gasteiger partial charge in [0.05, 0.1) is 6.61 Å². The van der Waals surface area contributed by atoms with Crippen molar-refractivity contribution in [1.82, 2.24) is 10.6 Å². The maximum atomic E-state index is 12.8. The molecule has 0 saturated carbocycles. The predicted molar refractivity (Wildman–Crippen MR) is 72.5 cm³/mol. The molecular weight excluding hydrogens is 255 g/mol. The van der Waals surface area contributed by atoms with Crippen LogP contribution in [0, 0.1) is 5.82 Å². The first kappa shape index (κ1) is 15.4. The maximum absolute atomic E-state index is 12.8. The molecule has 1 rings (SSSR count). The Balaban J connectivity index is 2.07. The molecule has 0 aliphatic carbocycles. The molecule has 0 unspecified atom stereocenters. The summed E-state index contributed by atoms with van der Waals surface area (Å²) >= 11 is 5.92. The Morgan fingerprint density at radius 3 is 2.72 bits per heavy atom. The molecule has 2 N–H and O–H groups in total. The summed E-state index contributed by atoms with van der Waals surface area (Å²) in [5.41, 5.74) is 0.922. The second kappa shape index (κ2) is 9.28. The average Bonchev–Trinajstić information content (AvgIpc) is 2.35. The number of methoxy groups -OCH3 is 1. The number of nitrogens with one attached hydrogen (secondary N) is 2. The van der Waals surface area contributed by atoms with Crippen LogP contribution in [-0.4, -0.2) is 33.4 Å². The van der Waals surface area contributed by atoms with E-state index in [0.717, 1.165) is 38.2 Å². The van der Waals surface area contributed by atoms with Gasteiger partial charge in [-0.2, -0.15) is 0 Å². The van der Waals surface area contributed by atoms with Crippen LogP contribution in [-0.2, 0) is 11.3 Å². The van der Waals surface area contributed by atoms with Gasteiger partial charge in [-0.15, -0.1) is 0 Å². The normalized spacial score (nSPS) is 10.8. The van der Waals surface area contributed by atoms with Crippen molar-refractivity contribution in [2.75, 3.05) is 33.4 Å². The second-order valence-electron chi connectivity index (χ2n) is 4.01. The summed E-state index contributed by atoms with van der Waals surface area (Å²) in [7, 11) is 1.69. The predicted octanol–water partition coefficient (Wildman–Crippen LogP) is 2.19. The molecule has 0 bridgehead atoms. The molecule has 0 saturated heterocycles. The maximum Gasteiger partial charge on any atom is 0.124 e. The van der Waals surface area contributed by atoms with Gasteiger partial charge in [-0.3, -0.25) is 0 Å². The van der Waals surface area contributed by atoms with Gasteiger partial charge in [0.15, 0.2) is 0 Å². The molecule has 5 heteroatoms. The molecule has 0 aliphatic rings. The van der Waals surface area contributed by atoms with E-state index in [0.29, 0.717) is 11.6 Å². The molecule has 1 aromatic rings. The van der Waals surface area contributed by atoms with Crippen LogP contribution < -0.4 is 10.6 Å². The summed E-state index contributed by atoms with van der Waals surface area (Å²) in [6.07, 6.45) is 1.03. The number of rotatable bonds is 9. The molecule has 0 aliphatic heterocycles. The molecule has 0 amide bonds. The lowest BCUT2D eigenvalue weighted by Gasteiger charge is -2.07. The lowest BCUT2D eigenvalue weighted by Crippen LogP contribution is -2.24. The number of hydrogen-bond acceptors (Lipinski definition) is 3. The summed E-state index contributed by atoms with van der Waals surface area (Å²) < 4.78 is 17.7. The molecule has 0 fully saturated rings. The number of benzene rings is 1. The molecule has 0 aromatic heterocycles. The Morgan fingerprint density at radius 1 is 1.22 bits per heavy atom. The Hall–Kier alpha value is -0.680. The van der Waals surface area contributed by atoms with E-state index in [2.05, 4.69) is 10.6 Å². The van der Waals surface area contributed by atoms with Crippen molar-refractivity contribution >= 4 is 11.6 Å². The van der Waals surface area contributed by atoms with Crippen LogP contribution in [0.25, 0.3) is 0 Å². The van der Waals surface area contributed by atoms with Crippen LogP contribution in [0.4, 0.5) is 4.39 Å². The minimum atomic E-state index is -0.300. The number of hydrogen-bond donors (Lipinski definition) is 2. The van der Waals surface area contributed by atoms with Gasteiger partial charge in [-0.05, 0) is 37.2 Å². The van der Waals surface area contributed by atoms with Crippen molar-refractivity contribution < 1.29 is 9.13 Å². The van der Waals surface area contributed by atoms with Gasteiger partial charge in [-0.25, -0.2) is 4.39 Å². The van der Waals surface area contributed by atoms with Crippen molar-refractivity contribution in [2.45, 2.75) is 13.0 Å². The first-order chi connectivity index (χ1) is 8.74. The summed E-state index contributed by atoms with van der Waals surface area (Å²) in [5.74, 6) is -0.300. The summed E-state index contributed by atoms with van der Waals surface area (Å²) in [6, 6.07) is 4.47. The van der Waals surface area contributed by atoms with Crippen LogP contribution in [0.5, 0.6) is 0 Å². The van der Waals surface area contributed by atoms with Gasteiger partial charge in [0.2, 0.25) is 0 Å². The van der Waals surface area contributed by atoms with Crippen LogP contribution in [0.2, 0.25) is 5.02 Å². The van der Waals surface area contributed by atoms with Crippen LogP contribution >= 0.6 is 11.6 Å². The first-order valence-corrected chi connectivity index (χ1v) is 6.46. The Kier molecular flexibility index (Phi) is 7.93. The van der Waals surface area contributed by atoms with E-state index >= 15 is 0 Å².